The van der Waals surface area contributed by atoms with Crippen LogP contribution < -0.4 is 9.47 Å². The molecule has 3 rings (SSSR count). The van der Waals surface area contributed by atoms with Crippen molar-refractivity contribution in [3.63, 3.8) is 0 Å². The van der Waals surface area contributed by atoms with Gasteiger partial charge in [0.15, 0.2) is 11.5 Å². The molecule has 1 saturated heterocycles. The van der Waals surface area contributed by atoms with Crippen LogP contribution in [0.3, 0.4) is 0 Å². The second kappa shape index (κ2) is 8.86. The zero-order valence-corrected chi connectivity index (χ0v) is 18.5. The molecule has 0 atom stereocenters. The Kier molecular flexibility index (Phi) is 6.46. The van der Waals surface area contributed by atoms with Crippen LogP contribution >= 0.6 is 22.6 Å². The lowest BCUT2D eigenvalue weighted by Crippen LogP contribution is -2.41. The van der Waals surface area contributed by atoms with Gasteiger partial charge in [0, 0.05) is 13.8 Å². The molecule has 0 amide bonds. The first kappa shape index (κ1) is 21.2. The fraction of sp³-hybridized carbons (Fsp3) is 0.273. The third kappa shape index (κ3) is 5.29. The standard InChI is InChI=1S/C22H21IO6/c1-4-26-18-12-15(10-16-20(24)28-22(2,3)29-21(16)25)11-17(23)19(18)27-13-14-8-6-5-7-9-14/h5-12H,4,13H2,1-3H3. The summed E-state index contributed by atoms with van der Waals surface area (Å²) >= 11 is 2.14. The average Bonchev–Trinajstić information content (AvgIpc) is 2.64. The minimum absolute atomic E-state index is 0.166. The van der Waals surface area contributed by atoms with E-state index in [9.17, 15) is 9.59 Å². The quantitative estimate of drug-likeness (QED) is 0.248. The van der Waals surface area contributed by atoms with E-state index >= 15 is 0 Å². The lowest BCUT2D eigenvalue weighted by molar-refractivity contribution is -0.222. The highest BCUT2D eigenvalue weighted by Gasteiger charge is 2.38. The van der Waals surface area contributed by atoms with Crippen LogP contribution in [0.5, 0.6) is 11.5 Å². The number of carbonyl (C=O) groups excluding carboxylic acids is 2. The van der Waals surface area contributed by atoms with Gasteiger partial charge in [0.1, 0.15) is 12.2 Å². The van der Waals surface area contributed by atoms with Gasteiger partial charge in [0.05, 0.1) is 10.2 Å². The molecular formula is C22H21IO6. The van der Waals surface area contributed by atoms with Crippen LogP contribution in [-0.4, -0.2) is 24.3 Å². The van der Waals surface area contributed by atoms with Crippen molar-refractivity contribution >= 4 is 40.6 Å². The Labute approximate surface area is 182 Å². The number of hydrogen-bond acceptors (Lipinski definition) is 6. The molecule has 7 heteroatoms. The summed E-state index contributed by atoms with van der Waals surface area (Å²) in [6.07, 6.45) is 1.44. The Balaban J connectivity index is 1.89. The smallest absolute Gasteiger partial charge is 0.348 e. The summed E-state index contributed by atoms with van der Waals surface area (Å²) in [5.74, 6) is -1.58. The molecule has 2 aromatic carbocycles. The number of rotatable bonds is 6. The van der Waals surface area contributed by atoms with Crippen LogP contribution in [0.1, 0.15) is 31.9 Å². The highest BCUT2D eigenvalue weighted by Crippen LogP contribution is 2.36. The summed E-state index contributed by atoms with van der Waals surface area (Å²) in [5, 5.41) is 0. The monoisotopic (exact) mass is 508 g/mol. The molecule has 2 aromatic rings. The van der Waals surface area contributed by atoms with Crippen LogP contribution in [0, 0.1) is 3.57 Å². The van der Waals surface area contributed by atoms with E-state index in [2.05, 4.69) is 22.6 Å². The van der Waals surface area contributed by atoms with Crippen molar-refractivity contribution in [3.05, 3.63) is 62.7 Å². The Morgan fingerprint density at radius 1 is 1.03 bits per heavy atom. The molecule has 0 spiro atoms. The first-order chi connectivity index (χ1) is 13.8. The first-order valence-corrected chi connectivity index (χ1v) is 10.2. The molecule has 1 aliphatic rings. The highest BCUT2D eigenvalue weighted by atomic mass is 127. The minimum atomic E-state index is -1.27. The lowest BCUT2D eigenvalue weighted by Gasteiger charge is -2.29. The molecule has 152 valence electrons. The van der Waals surface area contributed by atoms with Gasteiger partial charge >= 0.3 is 11.9 Å². The normalized spacial score (nSPS) is 15.4. The second-order valence-corrected chi connectivity index (χ2v) is 7.94. The van der Waals surface area contributed by atoms with Crippen LogP contribution in [0.4, 0.5) is 0 Å². The van der Waals surface area contributed by atoms with Gasteiger partial charge in [-0.2, -0.15) is 0 Å². The van der Waals surface area contributed by atoms with Crippen molar-refractivity contribution in [3.8, 4) is 11.5 Å². The average molecular weight is 508 g/mol. The zero-order chi connectivity index (χ0) is 21.0. The Morgan fingerprint density at radius 2 is 1.69 bits per heavy atom. The van der Waals surface area contributed by atoms with E-state index in [0.29, 0.717) is 30.3 Å². The largest absolute Gasteiger partial charge is 0.490 e. The van der Waals surface area contributed by atoms with Crippen molar-refractivity contribution in [2.45, 2.75) is 33.2 Å². The molecule has 1 heterocycles. The molecule has 0 unspecified atom stereocenters. The fourth-order valence-corrected chi connectivity index (χ4v) is 3.53. The van der Waals surface area contributed by atoms with Crippen molar-refractivity contribution in [2.24, 2.45) is 0 Å². The summed E-state index contributed by atoms with van der Waals surface area (Å²) in [6, 6.07) is 13.3. The maximum Gasteiger partial charge on any atom is 0.348 e. The van der Waals surface area contributed by atoms with Crippen molar-refractivity contribution in [1.29, 1.82) is 0 Å². The number of halogens is 1. The molecule has 6 nitrogen and oxygen atoms in total. The molecule has 0 aliphatic carbocycles. The van der Waals surface area contributed by atoms with Crippen molar-refractivity contribution in [1.82, 2.24) is 0 Å². The van der Waals surface area contributed by atoms with Gasteiger partial charge in [-0.05, 0) is 58.9 Å². The lowest BCUT2D eigenvalue weighted by atomic mass is 10.1. The van der Waals surface area contributed by atoms with Crippen molar-refractivity contribution < 1.29 is 28.5 Å². The molecule has 1 aliphatic heterocycles. The van der Waals surface area contributed by atoms with Crippen LogP contribution in [0.15, 0.2) is 48.0 Å². The van der Waals surface area contributed by atoms with Gasteiger partial charge < -0.3 is 18.9 Å². The molecule has 0 saturated carbocycles. The molecule has 0 bridgehead atoms. The Morgan fingerprint density at radius 3 is 2.31 bits per heavy atom. The number of carbonyl (C=O) groups is 2. The minimum Gasteiger partial charge on any atom is -0.490 e. The summed E-state index contributed by atoms with van der Waals surface area (Å²) < 4.78 is 22.8. The maximum atomic E-state index is 12.2. The van der Waals surface area contributed by atoms with Crippen molar-refractivity contribution in [2.75, 3.05) is 6.61 Å². The van der Waals surface area contributed by atoms with E-state index in [1.54, 1.807) is 12.1 Å². The van der Waals surface area contributed by atoms with E-state index in [-0.39, 0.29) is 5.57 Å². The van der Waals surface area contributed by atoms with Gasteiger partial charge in [0.2, 0.25) is 0 Å². The molecule has 29 heavy (non-hydrogen) atoms. The van der Waals surface area contributed by atoms with E-state index in [0.717, 1.165) is 9.13 Å². The van der Waals surface area contributed by atoms with Crippen LogP contribution in [-0.2, 0) is 25.7 Å². The molecule has 0 aromatic heterocycles. The number of esters is 2. The number of hydrogen-bond donors (Lipinski definition) is 0. The van der Waals surface area contributed by atoms with Gasteiger partial charge in [-0.3, -0.25) is 0 Å². The van der Waals surface area contributed by atoms with Gasteiger partial charge in [-0.15, -0.1) is 0 Å². The van der Waals surface area contributed by atoms with Crippen LogP contribution in [0.25, 0.3) is 6.08 Å². The summed E-state index contributed by atoms with van der Waals surface area (Å²) in [4.78, 5) is 24.4. The third-order valence-corrected chi connectivity index (χ3v) is 4.79. The zero-order valence-electron chi connectivity index (χ0n) is 16.4. The van der Waals surface area contributed by atoms with E-state index in [1.165, 1.54) is 19.9 Å². The Bertz CT molecular complexity index is 927. The number of cyclic esters (lactones) is 2. The predicted octanol–water partition coefficient (Wildman–Crippen LogP) is 4.49. The maximum absolute atomic E-state index is 12.2. The summed E-state index contributed by atoms with van der Waals surface area (Å²) in [6.45, 7) is 5.72. The predicted molar refractivity (Wildman–Crippen MR) is 115 cm³/mol. The summed E-state index contributed by atoms with van der Waals surface area (Å²) in [7, 11) is 0. The molecule has 0 radical (unpaired) electrons. The highest BCUT2D eigenvalue weighted by molar-refractivity contribution is 14.1. The van der Waals surface area contributed by atoms with Gasteiger partial charge in [-0.25, -0.2) is 9.59 Å². The SMILES string of the molecule is CCOc1cc(C=C2C(=O)OC(C)(C)OC2=O)cc(I)c1OCc1ccccc1. The van der Waals surface area contributed by atoms with E-state index in [1.807, 2.05) is 37.3 Å². The fourth-order valence-electron chi connectivity index (χ4n) is 2.75. The third-order valence-electron chi connectivity index (χ3n) is 3.99. The van der Waals surface area contributed by atoms with Gasteiger partial charge in [0.25, 0.3) is 5.79 Å². The molecular weight excluding hydrogens is 487 g/mol. The first-order valence-electron chi connectivity index (χ1n) is 9.10. The summed E-state index contributed by atoms with van der Waals surface area (Å²) in [5.41, 5.74) is 1.47. The number of ether oxygens (including phenoxy) is 4. The Hall–Kier alpha value is -2.55. The second-order valence-electron chi connectivity index (χ2n) is 6.77. The van der Waals surface area contributed by atoms with E-state index in [4.69, 9.17) is 18.9 Å². The molecule has 0 N–H and O–H groups in total. The number of benzene rings is 2. The topological polar surface area (TPSA) is 71.1 Å². The van der Waals surface area contributed by atoms with Crippen LogP contribution in [0.2, 0.25) is 0 Å². The van der Waals surface area contributed by atoms with Gasteiger partial charge in [-0.1, -0.05) is 30.3 Å². The molecule has 1 fully saturated rings. The van der Waals surface area contributed by atoms with E-state index < -0.39 is 17.7 Å².